The summed E-state index contributed by atoms with van der Waals surface area (Å²) in [7, 11) is 4.75. The van der Waals surface area contributed by atoms with E-state index < -0.39 is 0 Å². The molecule has 0 fully saturated rings. The first-order valence-corrected chi connectivity index (χ1v) is 6.68. The average molecular weight is 290 g/mol. The Bertz CT molecular complexity index is 631. The fraction of sp³-hybridized carbons (Fsp3) is 0.375. The maximum atomic E-state index is 11.7. The summed E-state index contributed by atoms with van der Waals surface area (Å²) in [4.78, 5) is 11.7. The average Bonchev–Trinajstić information content (AvgIpc) is 2.51. The molecule has 1 heterocycles. The molecule has 0 bridgehead atoms. The first-order chi connectivity index (χ1) is 10.0. The molecule has 0 aliphatic carbocycles. The van der Waals surface area contributed by atoms with Crippen molar-refractivity contribution in [2.45, 2.75) is 19.9 Å². The van der Waals surface area contributed by atoms with E-state index in [1.54, 1.807) is 27.4 Å². The molecule has 0 saturated carbocycles. The van der Waals surface area contributed by atoms with E-state index in [0.29, 0.717) is 17.2 Å². The summed E-state index contributed by atoms with van der Waals surface area (Å²) in [5, 5.41) is 0. The second-order valence-electron chi connectivity index (χ2n) is 4.83. The zero-order valence-electron chi connectivity index (χ0n) is 13.0. The Balaban J connectivity index is 2.65. The molecular weight excluding hydrogens is 270 g/mol. The summed E-state index contributed by atoms with van der Waals surface area (Å²) in [5.41, 5.74) is 2.83. The van der Waals surface area contributed by atoms with Gasteiger partial charge in [-0.15, -0.1) is 0 Å². The van der Waals surface area contributed by atoms with E-state index in [2.05, 4.69) is 0 Å². The van der Waals surface area contributed by atoms with Crippen LogP contribution >= 0.6 is 0 Å². The molecule has 0 spiro atoms. The minimum Gasteiger partial charge on any atom is -0.493 e. The second kappa shape index (κ2) is 5.99. The Kier molecular flexibility index (Phi) is 4.31. The molecule has 1 unspecified atom stereocenters. The molecular formula is C16H20NO4+. The predicted octanol–water partition coefficient (Wildman–Crippen LogP) is 3.18. The van der Waals surface area contributed by atoms with Crippen LogP contribution in [0.5, 0.6) is 17.2 Å². The van der Waals surface area contributed by atoms with Crippen LogP contribution in [0.15, 0.2) is 30.0 Å². The van der Waals surface area contributed by atoms with Crippen LogP contribution in [0.1, 0.15) is 19.4 Å². The number of ether oxygens (including phenoxy) is 3. The minimum atomic E-state index is -0.206. The Labute approximate surface area is 124 Å². The van der Waals surface area contributed by atoms with Crippen molar-refractivity contribution in [1.82, 2.24) is 0 Å². The maximum absolute atomic E-state index is 11.7. The Morgan fingerprint density at radius 2 is 1.71 bits per heavy atom. The van der Waals surface area contributed by atoms with Gasteiger partial charge in [0, 0.05) is 33.8 Å². The van der Waals surface area contributed by atoms with Crippen molar-refractivity contribution < 1.29 is 19.0 Å². The normalized spacial score (nSPS) is 18.0. The lowest BCUT2D eigenvalue weighted by Gasteiger charge is -2.19. The van der Waals surface area contributed by atoms with Gasteiger partial charge in [-0.25, -0.2) is 0 Å². The smallest absolute Gasteiger partial charge is 0.226 e. The number of hydrogen-bond acceptors (Lipinski definition) is 4. The number of allylic oxidation sites excluding steroid dienone is 2. The summed E-state index contributed by atoms with van der Waals surface area (Å²) in [6.07, 6.45) is 3.33. The molecule has 5 heteroatoms. The highest BCUT2D eigenvalue weighted by Gasteiger charge is 2.29. The van der Waals surface area contributed by atoms with Gasteiger partial charge < -0.3 is 14.2 Å². The third-order valence-electron chi connectivity index (χ3n) is 3.82. The molecule has 1 aromatic carbocycles. The SMILES string of the molecule is COc1ccc(C2=C(C)C(C)[N+](=O)C=C2)c(OC)c1OC. The Morgan fingerprint density at radius 1 is 1.05 bits per heavy atom. The van der Waals surface area contributed by atoms with Crippen LogP contribution < -0.4 is 14.2 Å². The van der Waals surface area contributed by atoms with Gasteiger partial charge in [0.15, 0.2) is 11.5 Å². The van der Waals surface area contributed by atoms with E-state index in [4.69, 9.17) is 14.2 Å². The Morgan fingerprint density at radius 3 is 2.29 bits per heavy atom. The van der Waals surface area contributed by atoms with Crippen LogP contribution in [0.25, 0.3) is 5.57 Å². The topological polar surface area (TPSA) is 47.8 Å². The molecule has 0 radical (unpaired) electrons. The van der Waals surface area contributed by atoms with Gasteiger partial charge in [0.1, 0.15) is 0 Å². The fourth-order valence-electron chi connectivity index (χ4n) is 2.44. The van der Waals surface area contributed by atoms with Gasteiger partial charge in [0.2, 0.25) is 18.0 Å². The molecule has 1 atom stereocenters. The molecule has 0 saturated heterocycles. The van der Waals surface area contributed by atoms with Crippen molar-refractivity contribution in [1.29, 1.82) is 0 Å². The lowest BCUT2D eigenvalue weighted by Crippen LogP contribution is -2.21. The van der Waals surface area contributed by atoms with E-state index in [1.807, 2.05) is 26.0 Å². The standard InChI is InChI=1S/C16H20NO4/c1-10-11(2)17(18)9-8-12(10)13-6-7-14(19-3)16(21-5)15(13)20-4/h6-9,11H,1-5H3/q+1. The zero-order chi connectivity index (χ0) is 15.6. The Hall–Kier alpha value is -2.30. The molecule has 2 rings (SSSR count). The van der Waals surface area contributed by atoms with Gasteiger partial charge in [-0.1, -0.05) is 0 Å². The molecule has 112 valence electrons. The van der Waals surface area contributed by atoms with Crippen molar-refractivity contribution in [3.05, 3.63) is 40.5 Å². The quantitative estimate of drug-likeness (QED) is 0.799. The maximum Gasteiger partial charge on any atom is 0.226 e. The van der Waals surface area contributed by atoms with Crippen molar-refractivity contribution in [2.24, 2.45) is 0 Å². The predicted molar refractivity (Wildman–Crippen MR) is 80.9 cm³/mol. The minimum absolute atomic E-state index is 0.206. The lowest BCUT2D eigenvalue weighted by atomic mass is 9.93. The second-order valence-corrected chi connectivity index (χ2v) is 4.83. The molecule has 1 aromatic rings. The first-order valence-electron chi connectivity index (χ1n) is 6.68. The summed E-state index contributed by atoms with van der Waals surface area (Å²) in [6, 6.07) is 3.54. The van der Waals surface area contributed by atoms with Crippen LogP contribution in [0.3, 0.4) is 0 Å². The van der Waals surface area contributed by atoms with Crippen LogP contribution in [0, 0.1) is 4.91 Å². The van der Waals surface area contributed by atoms with Crippen molar-refractivity contribution >= 4 is 5.57 Å². The lowest BCUT2D eigenvalue weighted by molar-refractivity contribution is -0.507. The summed E-state index contributed by atoms with van der Waals surface area (Å²) < 4.78 is 17.1. The largest absolute Gasteiger partial charge is 0.493 e. The number of methoxy groups -OCH3 is 3. The third-order valence-corrected chi connectivity index (χ3v) is 3.82. The van der Waals surface area contributed by atoms with Crippen LogP contribution in [-0.4, -0.2) is 32.1 Å². The monoisotopic (exact) mass is 290 g/mol. The van der Waals surface area contributed by atoms with Crippen molar-refractivity contribution in [2.75, 3.05) is 21.3 Å². The van der Waals surface area contributed by atoms with E-state index >= 15 is 0 Å². The number of nitroso groups, excluding NO2 is 1. The number of rotatable bonds is 4. The van der Waals surface area contributed by atoms with Gasteiger partial charge in [-0.2, -0.15) is 0 Å². The van der Waals surface area contributed by atoms with E-state index in [-0.39, 0.29) is 6.04 Å². The number of nitrogens with zero attached hydrogens (tertiary/aromatic N) is 1. The van der Waals surface area contributed by atoms with Gasteiger partial charge in [0.05, 0.1) is 21.3 Å². The highest BCUT2D eigenvalue weighted by molar-refractivity contribution is 5.83. The zero-order valence-corrected chi connectivity index (χ0v) is 13.0. The first kappa shape index (κ1) is 15.1. The van der Waals surface area contributed by atoms with Gasteiger partial charge in [-0.3, -0.25) is 0 Å². The van der Waals surface area contributed by atoms with Gasteiger partial charge >= 0.3 is 0 Å². The number of benzene rings is 1. The van der Waals surface area contributed by atoms with Crippen molar-refractivity contribution in [3.8, 4) is 17.2 Å². The highest BCUT2D eigenvalue weighted by atomic mass is 16.5. The summed E-state index contributed by atoms with van der Waals surface area (Å²) in [6.45, 7) is 3.82. The molecule has 5 nitrogen and oxygen atoms in total. The molecule has 0 N–H and O–H groups in total. The molecule has 1 aliphatic rings. The van der Waals surface area contributed by atoms with Crippen LogP contribution in [0.4, 0.5) is 0 Å². The van der Waals surface area contributed by atoms with Gasteiger partial charge in [-0.05, 0) is 24.6 Å². The molecule has 1 aliphatic heterocycles. The van der Waals surface area contributed by atoms with E-state index in [1.165, 1.54) is 6.20 Å². The van der Waals surface area contributed by atoms with Crippen LogP contribution in [-0.2, 0) is 0 Å². The molecule has 0 amide bonds. The number of hydrogen-bond donors (Lipinski definition) is 0. The van der Waals surface area contributed by atoms with E-state index in [0.717, 1.165) is 21.5 Å². The third kappa shape index (κ3) is 2.51. The summed E-state index contributed by atoms with van der Waals surface area (Å²) in [5.74, 6) is 1.75. The summed E-state index contributed by atoms with van der Waals surface area (Å²) >= 11 is 0. The van der Waals surface area contributed by atoms with Crippen LogP contribution in [0.2, 0.25) is 0 Å². The fourth-order valence-corrected chi connectivity index (χ4v) is 2.44. The van der Waals surface area contributed by atoms with Crippen molar-refractivity contribution in [3.63, 3.8) is 0 Å². The van der Waals surface area contributed by atoms with E-state index in [9.17, 15) is 4.91 Å². The molecule has 0 aromatic heterocycles. The van der Waals surface area contributed by atoms with Gasteiger partial charge in [0.25, 0.3) is 0 Å². The highest BCUT2D eigenvalue weighted by Crippen LogP contribution is 2.44. The molecule has 21 heavy (non-hydrogen) atoms.